The Morgan fingerprint density at radius 1 is 1.23 bits per heavy atom. The predicted octanol–water partition coefficient (Wildman–Crippen LogP) is 4.09. The summed E-state index contributed by atoms with van der Waals surface area (Å²) in [6.07, 6.45) is 6.73. The van der Waals surface area contributed by atoms with Crippen LogP contribution in [-0.2, 0) is 11.3 Å². The van der Waals surface area contributed by atoms with E-state index in [4.69, 9.17) is 20.6 Å². The van der Waals surface area contributed by atoms with Crippen LogP contribution in [0.3, 0.4) is 0 Å². The van der Waals surface area contributed by atoms with E-state index in [0.717, 1.165) is 11.3 Å². The van der Waals surface area contributed by atoms with Crippen LogP contribution >= 0.6 is 15.9 Å². The lowest BCUT2D eigenvalue weighted by Gasteiger charge is -2.13. The van der Waals surface area contributed by atoms with Crippen LogP contribution in [0.25, 0.3) is 6.08 Å². The number of halogens is 1. The van der Waals surface area contributed by atoms with Crippen LogP contribution in [0.4, 0.5) is 0 Å². The Morgan fingerprint density at radius 3 is 2.53 bits per heavy atom. The van der Waals surface area contributed by atoms with Crippen molar-refractivity contribution in [2.45, 2.75) is 13.5 Å². The van der Waals surface area contributed by atoms with E-state index in [1.165, 1.54) is 6.08 Å². The van der Waals surface area contributed by atoms with Gasteiger partial charge in [-0.3, -0.25) is 4.79 Å². The van der Waals surface area contributed by atoms with Gasteiger partial charge in [-0.05, 0) is 48.4 Å². The van der Waals surface area contributed by atoms with Gasteiger partial charge >= 0.3 is 0 Å². The second-order valence-electron chi connectivity index (χ2n) is 5.95. The molecule has 0 spiro atoms. The second-order valence-corrected chi connectivity index (χ2v) is 6.80. The number of rotatable bonds is 9. The number of carbonyl (C=O) groups excluding carboxylic acids is 1. The molecule has 2 aromatic rings. The smallest absolute Gasteiger partial charge is 0.262 e. The maximum atomic E-state index is 12.5. The van der Waals surface area contributed by atoms with Crippen molar-refractivity contribution in [2.75, 3.05) is 20.3 Å². The molecule has 6 nitrogen and oxygen atoms in total. The summed E-state index contributed by atoms with van der Waals surface area (Å²) in [5.74, 6) is 3.59. The molecule has 0 saturated heterocycles. The maximum Gasteiger partial charge on any atom is 0.262 e. The van der Waals surface area contributed by atoms with Gasteiger partial charge in [0.25, 0.3) is 5.91 Å². The molecule has 0 radical (unpaired) electrons. The fourth-order valence-corrected chi connectivity index (χ4v) is 2.92. The SMILES string of the molecule is C#CCOc1cc(Br)c(/C=C(/C#N)C(=O)NCc2ccc(OC)cc2)cc1OCC. The van der Waals surface area contributed by atoms with Crippen molar-refractivity contribution in [1.82, 2.24) is 5.32 Å². The lowest BCUT2D eigenvalue weighted by molar-refractivity contribution is -0.117. The van der Waals surface area contributed by atoms with Crippen LogP contribution in [0.15, 0.2) is 46.4 Å². The van der Waals surface area contributed by atoms with Crippen LogP contribution in [0.1, 0.15) is 18.1 Å². The first-order valence-electron chi connectivity index (χ1n) is 9.07. The minimum atomic E-state index is -0.481. The fraction of sp³-hybridized carbons (Fsp3) is 0.217. The third kappa shape index (κ3) is 6.30. The van der Waals surface area contributed by atoms with Gasteiger partial charge in [-0.15, -0.1) is 6.42 Å². The van der Waals surface area contributed by atoms with Crippen LogP contribution < -0.4 is 19.5 Å². The Balaban J connectivity index is 2.20. The molecule has 0 heterocycles. The lowest BCUT2D eigenvalue weighted by atomic mass is 10.1. The van der Waals surface area contributed by atoms with E-state index in [-0.39, 0.29) is 18.7 Å². The Hall–Kier alpha value is -3.42. The number of amides is 1. The van der Waals surface area contributed by atoms with Gasteiger partial charge in [0.15, 0.2) is 11.5 Å². The highest BCUT2D eigenvalue weighted by Gasteiger charge is 2.14. The van der Waals surface area contributed by atoms with E-state index in [0.29, 0.717) is 28.1 Å². The molecule has 0 aromatic heterocycles. The second kappa shape index (κ2) is 11.5. The first-order chi connectivity index (χ1) is 14.5. The van der Waals surface area contributed by atoms with Crippen molar-refractivity contribution in [3.05, 3.63) is 57.6 Å². The van der Waals surface area contributed by atoms with Gasteiger partial charge < -0.3 is 19.5 Å². The molecule has 0 bridgehead atoms. The number of hydrogen-bond donors (Lipinski definition) is 1. The zero-order valence-electron chi connectivity index (χ0n) is 16.7. The third-order valence-electron chi connectivity index (χ3n) is 3.95. The molecule has 2 aromatic carbocycles. The summed E-state index contributed by atoms with van der Waals surface area (Å²) >= 11 is 3.44. The average Bonchev–Trinajstić information content (AvgIpc) is 2.76. The summed E-state index contributed by atoms with van der Waals surface area (Å²) in [7, 11) is 1.59. The molecule has 0 saturated carbocycles. The van der Waals surface area contributed by atoms with Crippen molar-refractivity contribution < 1.29 is 19.0 Å². The molecule has 0 fully saturated rings. The number of nitrogens with zero attached hydrogens (tertiary/aromatic N) is 1. The normalized spacial score (nSPS) is 10.5. The zero-order chi connectivity index (χ0) is 21.9. The third-order valence-corrected chi connectivity index (χ3v) is 4.64. The number of terminal acetylenes is 1. The van der Waals surface area contributed by atoms with E-state index in [1.54, 1.807) is 31.4 Å². The molecule has 0 aliphatic heterocycles. The van der Waals surface area contributed by atoms with Crippen molar-refractivity contribution >= 4 is 27.9 Å². The number of ether oxygens (including phenoxy) is 3. The molecule has 0 atom stereocenters. The van der Waals surface area contributed by atoms with Gasteiger partial charge in [0, 0.05) is 11.0 Å². The van der Waals surface area contributed by atoms with Gasteiger partial charge in [-0.1, -0.05) is 34.0 Å². The number of benzene rings is 2. The van der Waals surface area contributed by atoms with Crippen LogP contribution in [0, 0.1) is 23.7 Å². The minimum Gasteiger partial charge on any atom is -0.497 e. The number of nitrogens with one attached hydrogen (secondary N) is 1. The highest BCUT2D eigenvalue weighted by molar-refractivity contribution is 9.10. The molecule has 1 amide bonds. The van der Waals surface area contributed by atoms with E-state index < -0.39 is 5.91 Å². The van der Waals surface area contributed by atoms with Crippen molar-refractivity contribution in [3.63, 3.8) is 0 Å². The molecule has 30 heavy (non-hydrogen) atoms. The largest absolute Gasteiger partial charge is 0.497 e. The van der Waals surface area contributed by atoms with E-state index in [2.05, 4.69) is 27.2 Å². The van der Waals surface area contributed by atoms with Crippen LogP contribution in [-0.4, -0.2) is 26.2 Å². The Kier molecular flexibility index (Phi) is 8.80. The van der Waals surface area contributed by atoms with Crippen molar-refractivity contribution in [2.24, 2.45) is 0 Å². The Morgan fingerprint density at radius 2 is 1.93 bits per heavy atom. The molecular weight excluding hydrogens is 448 g/mol. The Bertz CT molecular complexity index is 1000. The Labute approximate surface area is 184 Å². The average molecular weight is 469 g/mol. The molecule has 0 unspecified atom stereocenters. The highest BCUT2D eigenvalue weighted by atomic mass is 79.9. The summed E-state index contributed by atoms with van der Waals surface area (Å²) < 4.78 is 16.8. The quantitative estimate of drug-likeness (QED) is 0.340. The summed E-state index contributed by atoms with van der Waals surface area (Å²) in [6, 6.07) is 12.6. The van der Waals surface area contributed by atoms with Gasteiger partial charge in [0.05, 0.1) is 13.7 Å². The maximum absolute atomic E-state index is 12.5. The highest BCUT2D eigenvalue weighted by Crippen LogP contribution is 2.35. The molecule has 154 valence electrons. The standard InChI is InChI=1S/C23H21BrN2O4/c1-4-10-30-22-13-20(24)17(12-21(22)29-5-2)11-18(14-25)23(27)26-15-16-6-8-19(28-3)9-7-16/h1,6-9,11-13H,5,10,15H2,2-3H3,(H,26,27)/b18-11-. The van der Waals surface area contributed by atoms with Crippen molar-refractivity contribution in [1.29, 1.82) is 5.26 Å². The lowest BCUT2D eigenvalue weighted by Crippen LogP contribution is -2.23. The fourth-order valence-electron chi connectivity index (χ4n) is 2.49. The molecule has 0 aliphatic rings. The molecular formula is C23H21BrN2O4. The number of nitriles is 1. The van der Waals surface area contributed by atoms with Gasteiger partial charge in [0.2, 0.25) is 0 Å². The van der Waals surface area contributed by atoms with Gasteiger partial charge in [0.1, 0.15) is 24.0 Å². The van der Waals surface area contributed by atoms with Crippen molar-refractivity contribution in [3.8, 4) is 35.7 Å². The minimum absolute atomic E-state index is 0.0380. The van der Waals surface area contributed by atoms with Gasteiger partial charge in [-0.25, -0.2) is 0 Å². The topological polar surface area (TPSA) is 80.6 Å². The summed E-state index contributed by atoms with van der Waals surface area (Å²) in [5, 5.41) is 12.2. The zero-order valence-corrected chi connectivity index (χ0v) is 18.3. The van der Waals surface area contributed by atoms with Crippen LogP contribution in [0.5, 0.6) is 17.2 Å². The van der Waals surface area contributed by atoms with Crippen LogP contribution in [0.2, 0.25) is 0 Å². The number of methoxy groups -OCH3 is 1. The van der Waals surface area contributed by atoms with E-state index in [1.807, 2.05) is 25.1 Å². The first-order valence-corrected chi connectivity index (χ1v) is 9.87. The van der Waals surface area contributed by atoms with E-state index in [9.17, 15) is 10.1 Å². The van der Waals surface area contributed by atoms with Gasteiger partial charge in [-0.2, -0.15) is 5.26 Å². The molecule has 2 rings (SSSR count). The number of carbonyl (C=O) groups is 1. The molecule has 1 N–H and O–H groups in total. The summed E-state index contributed by atoms with van der Waals surface area (Å²) in [5.41, 5.74) is 1.45. The predicted molar refractivity (Wildman–Crippen MR) is 118 cm³/mol. The molecule has 7 heteroatoms. The van der Waals surface area contributed by atoms with E-state index >= 15 is 0 Å². The number of hydrogen-bond acceptors (Lipinski definition) is 5. The monoisotopic (exact) mass is 468 g/mol. The first kappa shape index (κ1) is 22.9. The summed E-state index contributed by atoms with van der Waals surface area (Å²) in [4.78, 5) is 12.5. The summed E-state index contributed by atoms with van der Waals surface area (Å²) in [6.45, 7) is 2.64. The molecule has 0 aliphatic carbocycles.